The van der Waals surface area contributed by atoms with Gasteiger partial charge in [-0.3, -0.25) is 4.79 Å². The Balaban J connectivity index is 1.90. The lowest BCUT2D eigenvalue weighted by Gasteiger charge is -2.05. The normalized spacial score (nSPS) is 10.8. The predicted octanol–water partition coefficient (Wildman–Crippen LogP) is 4.06. The van der Waals surface area contributed by atoms with Crippen molar-refractivity contribution in [2.45, 2.75) is 13.8 Å². The van der Waals surface area contributed by atoms with Crippen molar-refractivity contribution in [3.8, 4) is 34.3 Å². The average Bonchev–Trinajstić information content (AvgIpc) is 3.32. The lowest BCUT2D eigenvalue weighted by atomic mass is 10.1. The number of hydrogen-bond donors (Lipinski definition) is 2. The molecule has 1 amide bonds. The molecule has 28 heavy (non-hydrogen) atoms. The molecule has 0 atom stereocenters. The smallest absolute Gasteiger partial charge is 0.228 e. The van der Waals surface area contributed by atoms with Gasteiger partial charge in [0.05, 0.1) is 0 Å². The first-order valence-corrected chi connectivity index (χ1v) is 9.47. The van der Waals surface area contributed by atoms with Gasteiger partial charge < -0.3 is 14.7 Å². The van der Waals surface area contributed by atoms with Gasteiger partial charge in [-0.25, -0.2) is 9.97 Å². The van der Waals surface area contributed by atoms with Crippen LogP contribution in [0.3, 0.4) is 0 Å². The standard InChI is InChI=1S/C19H15IN6O2/c1-10-8-21-15(24-11(2)27)7-13(10)19-25-16(12-5-3-4-6-14(12)20)17(28-19)18-22-9-23-26-18/h3-9H,1-2H3,(H,21,24,27)(H,22,23,26). The van der Waals surface area contributed by atoms with Crippen LogP contribution in [0.2, 0.25) is 0 Å². The monoisotopic (exact) mass is 486 g/mol. The number of anilines is 1. The molecule has 4 aromatic rings. The van der Waals surface area contributed by atoms with Crippen LogP contribution in [0.1, 0.15) is 12.5 Å². The number of H-pyrrole nitrogens is 1. The Bertz CT molecular complexity index is 1150. The molecule has 3 heterocycles. The highest BCUT2D eigenvalue weighted by molar-refractivity contribution is 14.1. The minimum atomic E-state index is -0.198. The number of nitrogens with one attached hydrogen (secondary N) is 2. The number of aromatic nitrogens is 5. The summed E-state index contributed by atoms with van der Waals surface area (Å²) in [5.74, 6) is 1.63. The van der Waals surface area contributed by atoms with Crippen molar-refractivity contribution in [3.05, 3.63) is 52.0 Å². The number of amides is 1. The van der Waals surface area contributed by atoms with Crippen molar-refractivity contribution in [1.29, 1.82) is 0 Å². The Kier molecular flexibility index (Phi) is 4.90. The second-order valence-electron chi connectivity index (χ2n) is 6.08. The summed E-state index contributed by atoms with van der Waals surface area (Å²) in [5, 5.41) is 10.6. The second-order valence-corrected chi connectivity index (χ2v) is 7.24. The van der Waals surface area contributed by atoms with Gasteiger partial charge in [-0.2, -0.15) is 0 Å². The van der Waals surface area contributed by atoms with Crippen molar-refractivity contribution in [1.82, 2.24) is 25.1 Å². The van der Waals surface area contributed by atoms with Crippen molar-refractivity contribution in [3.63, 3.8) is 0 Å². The van der Waals surface area contributed by atoms with Crippen LogP contribution in [0.4, 0.5) is 5.82 Å². The van der Waals surface area contributed by atoms with Crippen molar-refractivity contribution in [2.24, 2.45) is 0 Å². The Morgan fingerprint density at radius 1 is 1.25 bits per heavy atom. The second kappa shape index (κ2) is 7.50. The Hall–Kier alpha value is -3.08. The number of benzene rings is 1. The zero-order chi connectivity index (χ0) is 19.7. The molecule has 1 aromatic carbocycles. The SMILES string of the molecule is CC(=O)Nc1cc(-c2nc(-c3ccccc3I)c(-c3nnc[nH]3)o2)c(C)cn1. The summed E-state index contributed by atoms with van der Waals surface area (Å²) in [6.45, 7) is 3.34. The third-order valence-electron chi connectivity index (χ3n) is 4.03. The van der Waals surface area contributed by atoms with Crippen LogP contribution in [0.25, 0.3) is 34.3 Å². The van der Waals surface area contributed by atoms with Crippen LogP contribution in [-0.2, 0) is 4.79 Å². The molecule has 0 aliphatic heterocycles. The highest BCUT2D eigenvalue weighted by Crippen LogP contribution is 2.37. The van der Waals surface area contributed by atoms with E-state index in [-0.39, 0.29) is 5.91 Å². The number of aromatic amines is 1. The molecule has 0 unspecified atom stereocenters. The largest absolute Gasteiger partial charge is 0.432 e. The summed E-state index contributed by atoms with van der Waals surface area (Å²) < 4.78 is 7.14. The van der Waals surface area contributed by atoms with Crippen molar-refractivity contribution >= 4 is 34.3 Å². The number of carbonyl (C=O) groups excluding carboxylic acids is 1. The van der Waals surface area contributed by atoms with Crippen LogP contribution in [-0.4, -0.2) is 31.1 Å². The summed E-state index contributed by atoms with van der Waals surface area (Å²) in [5.41, 5.74) is 3.19. The van der Waals surface area contributed by atoms with Crippen LogP contribution < -0.4 is 5.32 Å². The average molecular weight is 486 g/mol. The summed E-state index contributed by atoms with van der Waals surface area (Å²) in [4.78, 5) is 23.3. The van der Waals surface area contributed by atoms with Gasteiger partial charge in [-0.1, -0.05) is 18.2 Å². The maximum atomic E-state index is 11.4. The predicted molar refractivity (Wildman–Crippen MR) is 112 cm³/mol. The molecule has 0 aliphatic rings. The molecule has 9 heteroatoms. The van der Waals surface area contributed by atoms with Gasteiger partial charge in [0.2, 0.25) is 11.8 Å². The van der Waals surface area contributed by atoms with Gasteiger partial charge in [-0.15, -0.1) is 10.2 Å². The molecular weight excluding hydrogens is 471 g/mol. The van der Waals surface area contributed by atoms with Crippen LogP contribution >= 0.6 is 22.6 Å². The molecule has 3 aromatic heterocycles. The number of carbonyl (C=O) groups is 1. The van der Waals surface area contributed by atoms with Gasteiger partial charge in [-0.05, 0) is 47.2 Å². The fourth-order valence-electron chi connectivity index (χ4n) is 2.75. The minimum absolute atomic E-state index is 0.198. The Labute approximate surface area is 174 Å². The molecule has 8 nitrogen and oxygen atoms in total. The fraction of sp³-hybridized carbons (Fsp3) is 0.105. The van der Waals surface area contributed by atoms with E-state index in [1.807, 2.05) is 31.2 Å². The first kappa shape index (κ1) is 18.3. The third-order valence-corrected chi connectivity index (χ3v) is 4.97. The quantitative estimate of drug-likeness (QED) is 0.421. The summed E-state index contributed by atoms with van der Waals surface area (Å²) in [6, 6.07) is 9.63. The van der Waals surface area contributed by atoms with E-state index < -0.39 is 0 Å². The molecule has 0 spiro atoms. The van der Waals surface area contributed by atoms with Crippen LogP contribution in [0, 0.1) is 10.5 Å². The molecule has 2 N–H and O–H groups in total. The minimum Gasteiger partial charge on any atom is -0.432 e. The van der Waals surface area contributed by atoms with E-state index in [9.17, 15) is 4.79 Å². The van der Waals surface area contributed by atoms with Crippen LogP contribution in [0.15, 0.2) is 47.3 Å². The van der Waals surface area contributed by atoms with E-state index >= 15 is 0 Å². The Morgan fingerprint density at radius 2 is 2.07 bits per heavy atom. The first-order chi connectivity index (χ1) is 13.5. The van der Waals surface area contributed by atoms with Crippen LogP contribution in [0.5, 0.6) is 0 Å². The summed E-state index contributed by atoms with van der Waals surface area (Å²) >= 11 is 2.26. The zero-order valence-corrected chi connectivity index (χ0v) is 17.2. The van der Waals surface area contributed by atoms with E-state index in [0.717, 1.165) is 20.3 Å². The number of rotatable bonds is 4. The van der Waals surface area contributed by atoms with Crippen molar-refractivity contribution in [2.75, 3.05) is 5.32 Å². The fourth-order valence-corrected chi connectivity index (χ4v) is 3.39. The summed E-state index contributed by atoms with van der Waals surface area (Å²) in [6.07, 6.45) is 3.16. The van der Waals surface area contributed by atoms with Gasteiger partial charge in [0.1, 0.15) is 17.8 Å². The molecule has 4 rings (SSSR count). The number of nitrogens with zero attached hydrogens (tertiary/aromatic N) is 4. The molecule has 0 saturated heterocycles. The number of hydrogen-bond acceptors (Lipinski definition) is 6. The van der Waals surface area contributed by atoms with E-state index in [1.165, 1.54) is 13.3 Å². The van der Waals surface area contributed by atoms with Gasteiger partial charge in [0.25, 0.3) is 0 Å². The highest BCUT2D eigenvalue weighted by atomic mass is 127. The van der Waals surface area contributed by atoms with Gasteiger partial charge in [0, 0.05) is 27.8 Å². The number of halogens is 1. The Morgan fingerprint density at radius 3 is 2.79 bits per heavy atom. The van der Waals surface area contributed by atoms with E-state index in [4.69, 9.17) is 9.40 Å². The number of aryl methyl sites for hydroxylation is 1. The van der Waals surface area contributed by atoms with E-state index in [0.29, 0.717) is 29.0 Å². The van der Waals surface area contributed by atoms with E-state index in [1.54, 1.807) is 12.3 Å². The first-order valence-electron chi connectivity index (χ1n) is 8.39. The third kappa shape index (κ3) is 3.52. The van der Waals surface area contributed by atoms with E-state index in [2.05, 4.69) is 48.1 Å². The molecular formula is C19H15IN6O2. The topological polar surface area (TPSA) is 110 Å². The lowest BCUT2D eigenvalue weighted by molar-refractivity contribution is -0.114. The molecule has 0 aliphatic carbocycles. The number of pyridine rings is 1. The summed E-state index contributed by atoms with van der Waals surface area (Å²) in [7, 11) is 0. The molecule has 140 valence electrons. The maximum absolute atomic E-state index is 11.4. The molecule has 0 radical (unpaired) electrons. The molecule has 0 fully saturated rings. The van der Waals surface area contributed by atoms with Gasteiger partial charge >= 0.3 is 0 Å². The molecule has 0 bridgehead atoms. The zero-order valence-electron chi connectivity index (χ0n) is 15.0. The van der Waals surface area contributed by atoms with Gasteiger partial charge in [0.15, 0.2) is 11.6 Å². The number of oxazole rings is 1. The highest BCUT2D eigenvalue weighted by Gasteiger charge is 2.22. The lowest BCUT2D eigenvalue weighted by Crippen LogP contribution is -2.07. The molecule has 0 saturated carbocycles. The van der Waals surface area contributed by atoms with Crippen molar-refractivity contribution < 1.29 is 9.21 Å². The maximum Gasteiger partial charge on any atom is 0.228 e.